The average molecular weight is 693 g/mol. The molecule has 0 bridgehead atoms. The van der Waals surface area contributed by atoms with Gasteiger partial charge in [0, 0.05) is 29.1 Å². The van der Waals surface area contributed by atoms with E-state index in [9.17, 15) is 0 Å². The molecule has 2 aliphatic heterocycles. The fourth-order valence-electron chi connectivity index (χ4n) is 7.81. The van der Waals surface area contributed by atoms with Crippen molar-refractivity contribution >= 4 is 33.7 Å². The molecule has 0 radical (unpaired) electrons. The predicted molar refractivity (Wildman–Crippen MR) is 226 cm³/mol. The summed E-state index contributed by atoms with van der Waals surface area (Å²) in [5.74, 6) is 0.916. The molecular formula is C50H36N4. The second kappa shape index (κ2) is 13.2. The van der Waals surface area contributed by atoms with Gasteiger partial charge in [0.25, 0.3) is 0 Å². The number of aromatic nitrogens is 1. The topological polar surface area (TPSA) is 40.5 Å². The molecule has 1 unspecified atom stereocenters. The van der Waals surface area contributed by atoms with E-state index >= 15 is 0 Å². The minimum atomic E-state index is -0.131. The van der Waals surface area contributed by atoms with Gasteiger partial charge in [-0.05, 0) is 80.9 Å². The van der Waals surface area contributed by atoms with E-state index < -0.39 is 0 Å². The number of aryl methyl sites for hydroxylation is 1. The Morgan fingerprint density at radius 3 is 1.94 bits per heavy atom. The number of hydrogen-bond donors (Lipinski definition) is 1. The van der Waals surface area contributed by atoms with Crippen molar-refractivity contribution in [3.8, 4) is 44.5 Å². The molecule has 1 aromatic heterocycles. The number of benzene rings is 7. The standard InChI is InChI=1S/C50H36N4/c1-33-16-18-38(19-17-33)45-29-42(35-20-24-37(25-21-35)44-15-7-12-36-9-5-6-14-43(36)44)30-47-49(45)53-48-31-46(52-50(54(47)48)40-10-3-2-4-11-40)39-26-22-34(23-27-39)41-13-8-28-51-32-41/h2-32,48,53H,1H3. The molecule has 2 aliphatic rings. The molecule has 0 saturated heterocycles. The Bertz CT molecular complexity index is 2710. The van der Waals surface area contributed by atoms with E-state index in [1.807, 2.05) is 12.3 Å². The van der Waals surface area contributed by atoms with Gasteiger partial charge < -0.3 is 5.32 Å². The van der Waals surface area contributed by atoms with Gasteiger partial charge >= 0.3 is 0 Å². The predicted octanol–water partition coefficient (Wildman–Crippen LogP) is 12.3. The highest BCUT2D eigenvalue weighted by Gasteiger charge is 2.37. The Morgan fingerprint density at radius 1 is 0.519 bits per heavy atom. The van der Waals surface area contributed by atoms with Gasteiger partial charge in [0.05, 0.1) is 17.1 Å². The number of aliphatic imine (C=N–C) groups is 1. The molecule has 0 spiro atoms. The van der Waals surface area contributed by atoms with Crippen LogP contribution >= 0.6 is 0 Å². The Labute approximate surface area is 315 Å². The Kier molecular flexibility index (Phi) is 7.73. The first-order chi connectivity index (χ1) is 26.7. The molecule has 0 amide bonds. The highest BCUT2D eigenvalue weighted by Crippen LogP contribution is 2.48. The van der Waals surface area contributed by atoms with Crippen molar-refractivity contribution in [2.45, 2.75) is 13.1 Å². The van der Waals surface area contributed by atoms with Crippen LogP contribution in [-0.4, -0.2) is 17.0 Å². The van der Waals surface area contributed by atoms with Crippen molar-refractivity contribution in [2.24, 2.45) is 4.99 Å². The smallest absolute Gasteiger partial charge is 0.143 e. The molecule has 1 N–H and O–H groups in total. The second-order valence-corrected chi connectivity index (χ2v) is 14.0. The number of rotatable bonds is 6. The summed E-state index contributed by atoms with van der Waals surface area (Å²) in [6, 6.07) is 60.9. The van der Waals surface area contributed by atoms with Crippen molar-refractivity contribution in [3.05, 3.63) is 205 Å². The van der Waals surface area contributed by atoms with Crippen LogP contribution in [0.5, 0.6) is 0 Å². The van der Waals surface area contributed by atoms with Crippen LogP contribution in [0.25, 0.3) is 61.0 Å². The maximum absolute atomic E-state index is 5.40. The summed E-state index contributed by atoms with van der Waals surface area (Å²) in [6.45, 7) is 2.14. The summed E-state index contributed by atoms with van der Waals surface area (Å²) < 4.78 is 0. The van der Waals surface area contributed by atoms with Gasteiger partial charge in [-0.3, -0.25) is 9.88 Å². The molecule has 256 valence electrons. The van der Waals surface area contributed by atoms with Gasteiger partial charge in [-0.25, -0.2) is 4.99 Å². The number of nitrogens with zero attached hydrogens (tertiary/aromatic N) is 3. The van der Waals surface area contributed by atoms with Crippen LogP contribution in [0.2, 0.25) is 0 Å². The van der Waals surface area contributed by atoms with Crippen LogP contribution in [0, 0.1) is 6.92 Å². The molecule has 54 heavy (non-hydrogen) atoms. The highest BCUT2D eigenvalue weighted by atomic mass is 15.4. The van der Waals surface area contributed by atoms with Crippen molar-refractivity contribution < 1.29 is 0 Å². The molecule has 3 heterocycles. The lowest BCUT2D eigenvalue weighted by Gasteiger charge is -2.30. The Morgan fingerprint density at radius 2 is 1.17 bits per heavy atom. The van der Waals surface area contributed by atoms with Gasteiger partial charge in [-0.15, -0.1) is 0 Å². The van der Waals surface area contributed by atoms with E-state index in [2.05, 4.69) is 192 Å². The van der Waals surface area contributed by atoms with Crippen molar-refractivity contribution in [1.29, 1.82) is 0 Å². The number of amidine groups is 1. The van der Waals surface area contributed by atoms with E-state index in [0.717, 1.165) is 50.7 Å². The summed E-state index contributed by atoms with van der Waals surface area (Å²) in [6.07, 6.45) is 5.83. The normalized spacial score (nSPS) is 14.5. The van der Waals surface area contributed by atoms with Crippen LogP contribution in [-0.2, 0) is 0 Å². The maximum Gasteiger partial charge on any atom is 0.143 e. The highest BCUT2D eigenvalue weighted by molar-refractivity contribution is 6.18. The number of anilines is 2. The minimum Gasteiger partial charge on any atom is -0.359 e. The Balaban J connectivity index is 1.09. The average Bonchev–Trinajstić information content (AvgIpc) is 3.62. The molecule has 4 nitrogen and oxygen atoms in total. The lowest BCUT2D eigenvalue weighted by molar-refractivity contribution is 0.934. The summed E-state index contributed by atoms with van der Waals surface area (Å²) >= 11 is 0. The number of nitrogens with one attached hydrogen (secondary N) is 1. The summed E-state index contributed by atoms with van der Waals surface area (Å²) in [5, 5.41) is 6.45. The SMILES string of the molecule is Cc1ccc(-c2cc(-c3ccc(-c4cccc5ccccc45)cc3)cc3c2NC2C=C(c4ccc(-c5cccnc5)cc4)N=C(c4ccccc4)N32)cc1. The zero-order chi connectivity index (χ0) is 36.0. The van der Waals surface area contributed by atoms with E-state index in [0.29, 0.717) is 0 Å². The maximum atomic E-state index is 5.40. The van der Waals surface area contributed by atoms with E-state index in [1.54, 1.807) is 6.20 Å². The van der Waals surface area contributed by atoms with Gasteiger partial charge in [0.2, 0.25) is 0 Å². The zero-order valence-electron chi connectivity index (χ0n) is 29.8. The quantitative estimate of drug-likeness (QED) is 0.189. The first-order valence-corrected chi connectivity index (χ1v) is 18.4. The van der Waals surface area contributed by atoms with E-state index in [4.69, 9.17) is 4.99 Å². The molecule has 8 aromatic rings. The van der Waals surface area contributed by atoms with Gasteiger partial charge in [-0.2, -0.15) is 0 Å². The molecule has 0 aliphatic carbocycles. The molecule has 1 atom stereocenters. The fraction of sp³-hybridized carbons (Fsp3) is 0.0400. The molecule has 0 saturated carbocycles. The van der Waals surface area contributed by atoms with E-state index in [1.165, 1.54) is 44.2 Å². The Hall–Kier alpha value is -7.04. The number of hydrogen-bond acceptors (Lipinski definition) is 4. The molecule has 10 rings (SSSR count). The monoisotopic (exact) mass is 692 g/mol. The second-order valence-electron chi connectivity index (χ2n) is 14.0. The van der Waals surface area contributed by atoms with Crippen LogP contribution in [0.1, 0.15) is 16.7 Å². The van der Waals surface area contributed by atoms with Gasteiger partial charge in [-0.1, -0.05) is 157 Å². The van der Waals surface area contributed by atoms with Crippen LogP contribution in [0.4, 0.5) is 11.4 Å². The third-order valence-electron chi connectivity index (χ3n) is 10.6. The molecule has 7 aromatic carbocycles. The van der Waals surface area contributed by atoms with E-state index in [-0.39, 0.29) is 6.17 Å². The largest absolute Gasteiger partial charge is 0.359 e. The first-order valence-electron chi connectivity index (χ1n) is 18.4. The van der Waals surface area contributed by atoms with Crippen molar-refractivity contribution in [2.75, 3.05) is 10.2 Å². The van der Waals surface area contributed by atoms with Crippen LogP contribution < -0.4 is 10.2 Å². The van der Waals surface area contributed by atoms with Gasteiger partial charge in [0.15, 0.2) is 0 Å². The molecule has 0 fully saturated rings. The summed E-state index contributed by atoms with van der Waals surface area (Å²) in [4.78, 5) is 12.1. The number of pyridine rings is 1. The van der Waals surface area contributed by atoms with Crippen molar-refractivity contribution in [1.82, 2.24) is 4.98 Å². The summed E-state index contributed by atoms with van der Waals surface area (Å²) in [5.41, 5.74) is 15.9. The van der Waals surface area contributed by atoms with Crippen molar-refractivity contribution in [3.63, 3.8) is 0 Å². The molecular weight excluding hydrogens is 657 g/mol. The fourth-order valence-corrected chi connectivity index (χ4v) is 7.81. The minimum absolute atomic E-state index is 0.131. The van der Waals surface area contributed by atoms with Gasteiger partial charge in [0.1, 0.15) is 12.0 Å². The van der Waals surface area contributed by atoms with Crippen LogP contribution in [0.3, 0.4) is 0 Å². The lowest BCUT2D eigenvalue weighted by Crippen LogP contribution is -2.42. The van der Waals surface area contributed by atoms with Crippen LogP contribution in [0.15, 0.2) is 193 Å². The zero-order valence-corrected chi connectivity index (χ0v) is 29.8. The first kappa shape index (κ1) is 31.7. The molecule has 4 heteroatoms. The number of fused-ring (bicyclic) bond motifs is 4. The lowest BCUT2D eigenvalue weighted by atomic mass is 9.93. The summed E-state index contributed by atoms with van der Waals surface area (Å²) in [7, 11) is 0. The third-order valence-corrected chi connectivity index (χ3v) is 10.6. The third kappa shape index (κ3) is 5.65.